The molecule has 4 heteroatoms. The molecule has 2 atom stereocenters. The van der Waals surface area contributed by atoms with Gasteiger partial charge in [-0.15, -0.1) is 0 Å². The van der Waals surface area contributed by atoms with E-state index in [4.69, 9.17) is 0 Å². The molecule has 0 radical (unpaired) electrons. The molecule has 0 aliphatic carbocycles. The largest absolute Gasteiger partial charge is 0.393 e. The Hall–Kier alpha value is -0.450. The third-order valence-corrected chi connectivity index (χ3v) is 3.19. The highest BCUT2D eigenvalue weighted by atomic mass is 79.9. The summed E-state index contributed by atoms with van der Waals surface area (Å²) in [5.41, 5.74) is 0.926. The van der Waals surface area contributed by atoms with E-state index in [1.54, 1.807) is 13.0 Å². The van der Waals surface area contributed by atoms with E-state index in [2.05, 4.69) is 28.2 Å². The zero-order valence-corrected chi connectivity index (χ0v) is 11.8. The van der Waals surface area contributed by atoms with Gasteiger partial charge in [0.2, 0.25) is 0 Å². The molecular weight excluding hydrogens is 285 g/mol. The van der Waals surface area contributed by atoms with E-state index < -0.39 is 0 Å². The Morgan fingerprint density at radius 1 is 1.41 bits per heavy atom. The van der Waals surface area contributed by atoms with Crippen LogP contribution in [0.25, 0.3) is 0 Å². The summed E-state index contributed by atoms with van der Waals surface area (Å²) in [5.74, 6) is 0.177. The van der Waals surface area contributed by atoms with Gasteiger partial charge < -0.3 is 10.4 Å². The van der Waals surface area contributed by atoms with Crippen molar-refractivity contribution in [2.24, 2.45) is 5.92 Å². The lowest BCUT2D eigenvalue weighted by molar-refractivity contribution is 0.163. The van der Waals surface area contributed by atoms with Crippen molar-refractivity contribution in [3.8, 4) is 0 Å². The first kappa shape index (κ1) is 14.6. The molecule has 0 bridgehead atoms. The molecule has 2 unspecified atom stereocenters. The quantitative estimate of drug-likeness (QED) is 0.846. The number of aliphatic hydroxyl groups is 1. The van der Waals surface area contributed by atoms with Crippen LogP contribution in [0.5, 0.6) is 0 Å². The molecule has 0 aliphatic rings. The maximum absolute atomic E-state index is 13.2. The highest BCUT2D eigenvalue weighted by Crippen LogP contribution is 2.16. The molecule has 0 amide bonds. The normalized spacial score (nSPS) is 14.6. The van der Waals surface area contributed by atoms with Gasteiger partial charge >= 0.3 is 0 Å². The SMILES string of the molecule is CC(O)CC(C)CNCc1ccc(Br)c(F)c1. The third-order valence-electron chi connectivity index (χ3n) is 2.55. The lowest BCUT2D eigenvalue weighted by Gasteiger charge is -2.14. The second-order valence-corrected chi connectivity index (χ2v) is 5.42. The summed E-state index contributed by atoms with van der Waals surface area (Å²) in [7, 11) is 0. The highest BCUT2D eigenvalue weighted by molar-refractivity contribution is 9.10. The van der Waals surface area contributed by atoms with Crippen molar-refractivity contribution in [1.29, 1.82) is 0 Å². The Bertz CT molecular complexity index is 357. The van der Waals surface area contributed by atoms with Gasteiger partial charge in [-0.2, -0.15) is 0 Å². The van der Waals surface area contributed by atoms with Crippen LogP contribution in [0.15, 0.2) is 22.7 Å². The molecule has 0 saturated carbocycles. The van der Waals surface area contributed by atoms with Gasteiger partial charge in [-0.05, 0) is 59.4 Å². The zero-order chi connectivity index (χ0) is 12.8. The molecule has 0 spiro atoms. The molecule has 0 aromatic heterocycles. The number of hydrogen-bond acceptors (Lipinski definition) is 2. The maximum atomic E-state index is 13.2. The van der Waals surface area contributed by atoms with Crippen LogP contribution < -0.4 is 5.32 Å². The molecule has 1 aromatic carbocycles. The molecule has 1 aromatic rings. The van der Waals surface area contributed by atoms with Crippen LogP contribution in [0.2, 0.25) is 0 Å². The van der Waals surface area contributed by atoms with Gasteiger partial charge in [-0.1, -0.05) is 13.0 Å². The van der Waals surface area contributed by atoms with Crippen LogP contribution in [0.3, 0.4) is 0 Å². The lowest BCUT2D eigenvalue weighted by Crippen LogP contribution is -2.23. The fraction of sp³-hybridized carbons (Fsp3) is 0.538. The van der Waals surface area contributed by atoms with Crippen molar-refractivity contribution in [1.82, 2.24) is 5.32 Å². The fourth-order valence-electron chi connectivity index (χ4n) is 1.78. The van der Waals surface area contributed by atoms with Crippen LogP contribution >= 0.6 is 15.9 Å². The minimum Gasteiger partial charge on any atom is -0.393 e. The zero-order valence-electron chi connectivity index (χ0n) is 10.2. The van der Waals surface area contributed by atoms with Gasteiger partial charge in [-0.3, -0.25) is 0 Å². The van der Waals surface area contributed by atoms with Crippen LogP contribution in [0.1, 0.15) is 25.8 Å². The van der Waals surface area contributed by atoms with Crippen molar-refractivity contribution >= 4 is 15.9 Å². The molecule has 0 saturated heterocycles. The number of benzene rings is 1. The van der Waals surface area contributed by atoms with E-state index in [0.29, 0.717) is 16.9 Å². The van der Waals surface area contributed by atoms with E-state index in [1.165, 1.54) is 6.07 Å². The van der Waals surface area contributed by atoms with Gasteiger partial charge in [0.15, 0.2) is 0 Å². The molecule has 2 N–H and O–H groups in total. The summed E-state index contributed by atoms with van der Waals surface area (Å²) < 4.78 is 13.7. The van der Waals surface area contributed by atoms with Crippen LogP contribution in [0, 0.1) is 11.7 Å². The summed E-state index contributed by atoms with van der Waals surface area (Å²) in [6, 6.07) is 5.13. The average Bonchev–Trinajstić information content (AvgIpc) is 2.22. The van der Waals surface area contributed by atoms with Crippen molar-refractivity contribution in [2.45, 2.75) is 32.9 Å². The molecule has 96 valence electrons. The maximum Gasteiger partial charge on any atom is 0.137 e. The summed E-state index contributed by atoms with van der Waals surface area (Å²) in [6.07, 6.45) is 0.513. The Morgan fingerprint density at radius 3 is 2.71 bits per heavy atom. The minimum atomic E-state index is -0.267. The number of hydrogen-bond donors (Lipinski definition) is 2. The minimum absolute atomic E-state index is 0.235. The Balaban J connectivity index is 2.33. The van der Waals surface area contributed by atoms with Gasteiger partial charge in [0.25, 0.3) is 0 Å². The summed E-state index contributed by atoms with van der Waals surface area (Å²) >= 11 is 3.12. The van der Waals surface area contributed by atoms with Gasteiger partial charge in [0.05, 0.1) is 10.6 Å². The van der Waals surface area contributed by atoms with E-state index in [9.17, 15) is 9.50 Å². The molecule has 0 aliphatic heterocycles. The predicted molar refractivity (Wildman–Crippen MR) is 71.3 cm³/mol. The van der Waals surface area contributed by atoms with Gasteiger partial charge in [-0.25, -0.2) is 4.39 Å². The molecule has 2 nitrogen and oxygen atoms in total. The number of aliphatic hydroxyl groups excluding tert-OH is 1. The first-order valence-electron chi connectivity index (χ1n) is 5.81. The average molecular weight is 304 g/mol. The first-order valence-corrected chi connectivity index (χ1v) is 6.61. The van der Waals surface area contributed by atoms with Crippen molar-refractivity contribution in [2.75, 3.05) is 6.54 Å². The number of nitrogens with one attached hydrogen (secondary N) is 1. The van der Waals surface area contributed by atoms with Crippen LogP contribution in [0.4, 0.5) is 4.39 Å². The third kappa shape index (κ3) is 5.61. The Kier molecular flexibility index (Phi) is 6.09. The summed E-state index contributed by atoms with van der Waals surface area (Å²) in [6.45, 7) is 5.35. The van der Waals surface area contributed by atoms with Crippen molar-refractivity contribution < 1.29 is 9.50 Å². The van der Waals surface area contributed by atoms with E-state index in [0.717, 1.165) is 18.5 Å². The molecule has 1 rings (SSSR count). The van der Waals surface area contributed by atoms with Crippen molar-refractivity contribution in [3.63, 3.8) is 0 Å². The molecular formula is C13H19BrFNO. The fourth-order valence-corrected chi connectivity index (χ4v) is 2.02. The van der Waals surface area contributed by atoms with E-state index >= 15 is 0 Å². The standard InChI is InChI=1S/C13H19BrFNO/c1-9(5-10(2)17)7-16-8-11-3-4-12(14)13(15)6-11/h3-4,6,9-10,16-17H,5,7-8H2,1-2H3. The topological polar surface area (TPSA) is 32.3 Å². The molecule has 0 fully saturated rings. The summed E-state index contributed by atoms with van der Waals surface area (Å²) in [5, 5.41) is 12.5. The predicted octanol–water partition coefficient (Wildman–Crippen LogP) is 3.08. The molecule has 17 heavy (non-hydrogen) atoms. The monoisotopic (exact) mass is 303 g/mol. The smallest absolute Gasteiger partial charge is 0.137 e. The Labute approximate surface area is 110 Å². The first-order chi connectivity index (χ1) is 7.99. The number of halogens is 2. The lowest BCUT2D eigenvalue weighted by atomic mass is 10.0. The van der Waals surface area contributed by atoms with E-state index in [1.807, 2.05) is 6.07 Å². The Morgan fingerprint density at radius 2 is 2.12 bits per heavy atom. The summed E-state index contributed by atoms with van der Waals surface area (Å²) in [4.78, 5) is 0. The van der Waals surface area contributed by atoms with Crippen LogP contribution in [-0.4, -0.2) is 17.8 Å². The highest BCUT2D eigenvalue weighted by Gasteiger charge is 2.06. The number of rotatable bonds is 6. The molecule has 0 heterocycles. The van der Waals surface area contributed by atoms with E-state index in [-0.39, 0.29) is 11.9 Å². The van der Waals surface area contributed by atoms with Gasteiger partial charge in [0, 0.05) is 6.54 Å². The van der Waals surface area contributed by atoms with Crippen LogP contribution in [-0.2, 0) is 6.54 Å². The second-order valence-electron chi connectivity index (χ2n) is 4.57. The second kappa shape index (κ2) is 7.09. The van der Waals surface area contributed by atoms with Gasteiger partial charge in [0.1, 0.15) is 5.82 Å². The van der Waals surface area contributed by atoms with Crippen molar-refractivity contribution in [3.05, 3.63) is 34.1 Å².